The standard InChI is InChI=1S/C26H22S/c1-16(2)18-10-4-8-14-22(18)25-17(3)24-21-13-7-5-11-19(21)20-12-6-9-15-23(20)26(24)27-25/h4-16H,1-3H3. The van der Waals surface area contributed by atoms with E-state index in [1.165, 1.54) is 53.2 Å². The maximum absolute atomic E-state index is 2.30. The minimum atomic E-state index is 0.513. The Morgan fingerprint density at radius 2 is 1.22 bits per heavy atom. The predicted molar refractivity (Wildman–Crippen MR) is 121 cm³/mol. The first-order valence-electron chi connectivity index (χ1n) is 9.58. The fraction of sp³-hybridized carbons (Fsp3) is 0.154. The van der Waals surface area contributed by atoms with Crippen LogP contribution in [-0.2, 0) is 0 Å². The topological polar surface area (TPSA) is 0 Å². The van der Waals surface area contributed by atoms with Gasteiger partial charge in [0.2, 0.25) is 0 Å². The fourth-order valence-electron chi connectivity index (χ4n) is 4.34. The number of aryl methyl sites for hydroxylation is 1. The van der Waals surface area contributed by atoms with Crippen LogP contribution in [-0.4, -0.2) is 0 Å². The van der Waals surface area contributed by atoms with Gasteiger partial charge in [-0.05, 0) is 45.7 Å². The summed E-state index contributed by atoms with van der Waals surface area (Å²) in [6.07, 6.45) is 0. The second kappa shape index (κ2) is 6.21. The Kier molecular flexibility index (Phi) is 3.80. The summed E-state index contributed by atoms with van der Waals surface area (Å²) in [4.78, 5) is 1.41. The highest BCUT2D eigenvalue weighted by atomic mass is 32.1. The molecule has 1 heterocycles. The van der Waals surface area contributed by atoms with E-state index >= 15 is 0 Å². The lowest BCUT2D eigenvalue weighted by Gasteiger charge is -2.12. The normalized spacial score (nSPS) is 11.9. The summed E-state index contributed by atoms with van der Waals surface area (Å²) in [5.41, 5.74) is 4.23. The van der Waals surface area contributed by atoms with Crippen molar-refractivity contribution in [3.05, 3.63) is 83.9 Å². The Morgan fingerprint density at radius 1 is 0.667 bits per heavy atom. The lowest BCUT2D eigenvalue weighted by atomic mass is 9.93. The van der Waals surface area contributed by atoms with Crippen molar-refractivity contribution in [3.63, 3.8) is 0 Å². The van der Waals surface area contributed by atoms with E-state index in [-0.39, 0.29) is 0 Å². The molecule has 0 saturated heterocycles. The summed E-state index contributed by atoms with van der Waals surface area (Å²) in [6.45, 7) is 6.87. The van der Waals surface area contributed by atoms with Crippen molar-refractivity contribution in [1.82, 2.24) is 0 Å². The van der Waals surface area contributed by atoms with E-state index < -0.39 is 0 Å². The quantitative estimate of drug-likeness (QED) is 0.276. The van der Waals surface area contributed by atoms with Gasteiger partial charge in [0.25, 0.3) is 0 Å². The minimum absolute atomic E-state index is 0.513. The second-order valence-electron chi connectivity index (χ2n) is 7.59. The molecule has 27 heavy (non-hydrogen) atoms. The monoisotopic (exact) mass is 366 g/mol. The van der Waals surface area contributed by atoms with Crippen molar-refractivity contribution in [2.75, 3.05) is 0 Å². The van der Waals surface area contributed by atoms with E-state index in [4.69, 9.17) is 0 Å². The molecule has 5 aromatic rings. The highest BCUT2D eigenvalue weighted by Crippen LogP contribution is 2.46. The van der Waals surface area contributed by atoms with Crippen molar-refractivity contribution in [2.24, 2.45) is 0 Å². The van der Waals surface area contributed by atoms with Gasteiger partial charge in [-0.2, -0.15) is 0 Å². The largest absolute Gasteiger partial charge is 0.134 e. The maximum atomic E-state index is 2.30. The van der Waals surface area contributed by atoms with E-state index in [0.29, 0.717) is 5.92 Å². The first-order chi connectivity index (χ1) is 13.2. The van der Waals surface area contributed by atoms with Crippen molar-refractivity contribution in [3.8, 4) is 10.4 Å². The van der Waals surface area contributed by atoms with Crippen LogP contribution in [0.5, 0.6) is 0 Å². The molecule has 0 aliphatic carbocycles. The van der Waals surface area contributed by atoms with Crippen LogP contribution in [0.1, 0.15) is 30.9 Å². The smallest absolute Gasteiger partial charge is 0.0437 e. The van der Waals surface area contributed by atoms with Gasteiger partial charge in [-0.1, -0.05) is 86.6 Å². The van der Waals surface area contributed by atoms with Crippen LogP contribution >= 0.6 is 11.3 Å². The summed E-state index contributed by atoms with van der Waals surface area (Å²) in [7, 11) is 0. The SMILES string of the molecule is Cc1c(-c2ccccc2C(C)C)sc2c3ccccc3c3ccccc3c12. The number of thiophene rings is 1. The van der Waals surface area contributed by atoms with Crippen LogP contribution in [0.4, 0.5) is 0 Å². The van der Waals surface area contributed by atoms with Crippen LogP contribution < -0.4 is 0 Å². The van der Waals surface area contributed by atoms with E-state index in [1.807, 2.05) is 11.3 Å². The van der Waals surface area contributed by atoms with Gasteiger partial charge in [-0.25, -0.2) is 0 Å². The first-order valence-corrected chi connectivity index (χ1v) is 10.4. The highest BCUT2D eigenvalue weighted by Gasteiger charge is 2.18. The van der Waals surface area contributed by atoms with Gasteiger partial charge in [0.1, 0.15) is 0 Å². The molecule has 1 aromatic heterocycles. The van der Waals surface area contributed by atoms with Crippen molar-refractivity contribution in [2.45, 2.75) is 26.7 Å². The maximum Gasteiger partial charge on any atom is 0.0437 e. The molecule has 0 radical (unpaired) electrons. The molecule has 132 valence electrons. The van der Waals surface area contributed by atoms with E-state index in [2.05, 4.69) is 93.6 Å². The molecule has 0 bridgehead atoms. The number of hydrogen-bond donors (Lipinski definition) is 0. The first kappa shape index (κ1) is 16.5. The Hall–Kier alpha value is -2.64. The zero-order valence-electron chi connectivity index (χ0n) is 15.9. The number of benzene rings is 4. The third-order valence-electron chi connectivity index (χ3n) is 5.63. The molecule has 5 rings (SSSR count). The average Bonchev–Trinajstić information content (AvgIpc) is 3.06. The summed E-state index contributed by atoms with van der Waals surface area (Å²) >= 11 is 1.95. The molecule has 0 N–H and O–H groups in total. The zero-order valence-corrected chi connectivity index (χ0v) is 16.7. The fourth-order valence-corrected chi connectivity index (χ4v) is 5.75. The van der Waals surface area contributed by atoms with Gasteiger partial charge in [-0.15, -0.1) is 11.3 Å². The van der Waals surface area contributed by atoms with Crippen molar-refractivity contribution >= 4 is 43.0 Å². The summed E-state index contributed by atoms with van der Waals surface area (Å²) < 4.78 is 1.41. The van der Waals surface area contributed by atoms with E-state index in [9.17, 15) is 0 Å². The Balaban J connectivity index is 1.98. The highest BCUT2D eigenvalue weighted by molar-refractivity contribution is 7.23. The van der Waals surface area contributed by atoms with Gasteiger partial charge in [0, 0.05) is 20.3 Å². The number of rotatable bonds is 2. The molecule has 0 fully saturated rings. The van der Waals surface area contributed by atoms with Crippen LogP contribution in [0, 0.1) is 6.92 Å². The predicted octanol–water partition coefficient (Wildman–Crippen LogP) is 8.31. The number of hydrogen-bond acceptors (Lipinski definition) is 1. The van der Waals surface area contributed by atoms with Crippen molar-refractivity contribution < 1.29 is 0 Å². The van der Waals surface area contributed by atoms with Gasteiger partial charge in [0.05, 0.1) is 0 Å². The van der Waals surface area contributed by atoms with E-state index in [0.717, 1.165) is 0 Å². The molecule has 0 spiro atoms. The second-order valence-corrected chi connectivity index (χ2v) is 8.61. The van der Waals surface area contributed by atoms with Crippen LogP contribution in [0.25, 0.3) is 42.1 Å². The van der Waals surface area contributed by atoms with Crippen LogP contribution in [0.15, 0.2) is 72.8 Å². The summed E-state index contributed by atoms with van der Waals surface area (Å²) in [5.74, 6) is 0.513. The Morgan fingerprint density at radius 3 is 1.93 bits per heavy atom. The van der Waals surface area contributed by atoms with Gasteiger partial charge >= 0.3 is 0 Å². The molecular formula is C26H22S. The zero-order chi connectivity index (χ0) is 18.5. The molecule has 0 amide bonds. The van der Waals surface area contributed by atoms with Gasteiger partial charge < -0.3 is 0 Å². The van der Waals surface area contributed by atoms with E-state index in [1.54, 1.807) is 0 Å². The molecular weight excluding hydrogens is 344 g/mol. The Labute approximate surface area is 164 Å². The summed E-state index contributed by atoms with van der Waals surface area (Å²) in [6, 6.07) is 26.6. The molecule has 0 saturated carbocycles. The molecule has 0 nitrogen and oxygen atoms in total. The van der Waals surface area contributed by atoms with Gasteiger partial charge in [0.15, 0.2) is 0 Å². The molecule has 1 heteroatoms. The third-order valence-corrected chi connectivity index (χ3v) is 6.99. The molecule has 4 aromatic carbocycles. The van der Waals surface area contributed by atoms with Crippen molar-refractivity contribution in [1.29, 1.82) is 0 Å². The lowest BCUT2D eigenvalue weighted by molar-refractivity contribution is 0.869. The third kappa shape index (κ3) is 2.42. The van der Waals surface area contributed by atoms with Crippen LogP contribution in [0.3, 0.4) is 0 Å². The molecule has 0 aliphatic heterocycles. The molecule has 0 atom stereocenters. The number of fused-ring (bicyclic) bond motifs is 6. The Bertz CT molecular complexity index is 1300. The summed E-state index contributed by atoms with van der Waals surface area (Å²) in [5, 5.41) is 6.86. The molecule has 0 aliphatic rings. The molecule has 0 unspecified atom stereocenters. The minimum Gasteiger partial charge on any atom is -0.134 e. The average molecular weight is 367 g/mol. The lowest BCUT2D eigenvalue weighted by Crippen LogP contribution is -1.91. The van der Waals surface area contributed by atoms with Gasteiger partial charge in [-0.3, -0.25) is 0 Å². The van der Waals surface area contributed by atoms with Crippen LogP contribution in [0.2, 0.25) is 0 Å².